The molecule has 22 heavy (non-hydrogen) atoms. The van der Waals surface area contributed by atoms with Gasteiger partial charge in [-0.1, -0.05) is 26.0 Å². The van der Waals surface area contributed by atoms with E-state index in [1.807, 2.05) is 13.8 Å². The fraction of sp³-hybridized carbons (Fsp3) is 0.533. The van der Waals surface area contributed by atoms with Crippen LogP contribution < -0.4 is 5.32 Å². The number of carbonyl (C=O) groups excluding carboxylic acids is 1. The van der Waals surface area contributed by atoms with E-state index in [2.05, 4.69) is 5.32 Å². The van der Waals surface area contributed by atoms with Crippen LogP contribution in [0.3, 0.4) is 0 Å². The smallest absolute Gasteiger partial charge is 0.224 e. The summed E-state index contributed by atoms with van der Waals surface area (Å²) in [6, 6.07) is 5.84. The van der Waals surface area contributed by atoms with Gasteiger partial charge in [0.25, 0.3) is 0 Å². The molecule has 1 N–H and O–H groups in total. The van der Waals surface area contributed by atoms with Crippen LogP contribution in [0.4, 0.5) is 4.39 Å². The second kappa shape index (κ2) is 8.24. The number of hydrogen-bond donors (Lipinski definition) is 1. The van der Waals surface area contributed by atoms with Crippen molar-refractivity contribution >= 4 is 15.9 Å². The van der Waals surface area contributed by atoms with Crippen LogP contribution in [-0.2, 0) is 21.2 Å². The van der Waals surface area contributed by atoms with Crippen LogP contribution in [0.1, 0.15) is 19.4 Å². The first-order valence-corrected chi connectivity index (χ1v) is 8.99. The molecule has 0 saturated carbocycles. The van der Waals surface area contributed by atoms with Gasteiger partial charge in [0.15, 0.2) is 0 Å². The molecular formula is C15H23FN2O3S. The maximum Gasteiger partial charge on any atom is 0.224 e. The van der Waals surface area contributed by atoms with E-state index in [4.69, 9.17) is 0 Å². The first kappa shape index (κ1) is 18.6. The van der Waals surface area contributed by atoms with E-state index >= 15 is 0 Å². The zero-order valence-electron chi connectivity index (χ0n) is 13.2. The molecule has 0 unspecified atom stereocenters. The summed E-state index contributed by atoms with van der Waals surface area (Å²) < 4.78 is 37.7. The highest BCUT2D eigenvalue weighted by molar-refractivity contribution is 7.88. The second-order valence-corrected chi connectivity index (χ2v) is 7.65. The number of benzene rings is 1. The van der Waals surface area contributed by atoms with Gasteiger partial charge in [-0.15, -0.1) is 0 Å². The standard InChI is InChI=1S/C15H23FN2O3S/c1-12(2)11-18(22(3,20)21)8-7-17-15(19)10-13-5-4-6-14(16)9-13/h4-6,9,12H,7-8,10-11H2,1-3H3,(H,17,19). The van der Waals surface area contributed by atoms with Crippen LogP contribution >= 0.6 is 0 Å². The van der Waals surface area contributed by atoms with Gasteiger partial charge in [0.1, 0.15) is 5.82 Å². The van der Waals surface area contributed by atoms with Crippen molar-refractivity contribution in [2.45, 2.75) is 20.3 Å². The number of halogens is 1. The number of amides is 1. The maximum absolute atomic E-state index is 13.0. The van der Waals surface area contributed by atoms with Gasteiger partial charge in [-0.25, -0.2) is 17.1 Å². The molecule has 0 bridgehead atoms. The van der Waals surface area contributed by atoms with Crippen molar-refractivity contribution in [3.05, 3.63) is 35.6 Å². The van der Waals surface area contributed by atoms with Crippen molar-refractivity contribution in [3.8, 4) is 0 Å². The quantitative estimate of drug-likeness (QED) is 0.783. The van der Waals surface area contributed by atoms with E-state index in [9.17, 15) is 17.6 Å². The Bertz CT molecular complexity index is 603. The molecule has 0 heterocycles. The van der Waals surface area contributed by atoms with E-state index in [-0.39, 0.29) is 37.2 Å². The Morgan fingerprint density at radius 3 is 2.59 bits per heavy atom. The molecule has 0 atom stereocenters. The average molecular weight is 330 g/mol. The van der Waals surface area contributed by atoms with Crippen molar-refractivity contribution < 1.29 is 17.6 Å². The Morgan fingerprint density at radius 1 is 1.36 bits per heavy atom. The lowest BCUT2D eigenvalue weighted by Crippen LogP contribution is -2.40. The third kappa shape index (κ3) is 7.00. The minimum atomic E-state index is -3.29. The van der Waals surface area contributed by atoms with Crippen LogP contribution in [0.25, 0.3) is 0 Å². The molecule has 7 heteroatoms. The normalized spacial score (nSPS) is 11.9. The molecule has 1 aromatic rings. The molecule has 1 aromatic carbocycles. The van der Waals surface area contributed by atoms with Crippen LogP contribution in [0.5, 0.6) is 0 Å². The molecule has 0 aliphatic rings. The van der Waals surface area contributed by atoms with Gasteiger partial charge in [-0.05, 0) is 23.6 Å². The summed E-state index contributed by atoms with van der Waals surface area (Å²) in [6.07, 6.45) is 1.23. The lowest BCUT2D eigenvalue weighted by atomic mass is 10.1. The molecule has 0 fully saturated rings. The highest BCUT2D eigenvalue weighted by atomic mass is 32.2. The number of sulfonamides is 1. The van der Waals surface area contributed by atoms with Gasteiger partial charge in [0, 0.05) is 19.6 Å². The van der Waals surface area contributed by atoms with Gasteiger partial charge in [-0.3, -0.25) is 4.79 Å². The molecule has 5 nitrogen and oxygen atoms in total. The molecule has 0 spiro atoms. The predicted octanol–water partition coefficient (Wildman–Crippen LogP) is 1.40. The minimum Gasteiger partial charge on any atom is -0.354 e. The largest absolute Gasteiger partial charge is 0.354 e. The summed E-state index contributed by atoms with van der Waals surface area (Å²) in [4.78, 5) is 11.8. The summed E-state index contributed by atoms with van der Waals surface area (Å²) in [5.41, 5.74) is 0.583. The zero-order valence-corrected chi connectivity index (χ0v) is 14.0. The monoisotopic (exact) mass is 330 g/mol. The summed E-state index contributed by atoms with van der Waals surface area (Å²) in [7, 11) is -3.29. The Kier molecular flexibility index (Phi) is 6.96. The first-order valence-electron chi connectivity index (χ1n) is 7.14. The van der Waals surface area contributed by atoms with Crippen molar-refractivity contribution in [2.24, 2.45) is 5.92 Å². The van der Waals surface area contributed by atoms with Crippen molar-refractivity contribution in [1.82, 2.24) is 9.62 Å². The minimum absolute atomic E-state index is 0.0703. The van der Waals surface area contributed by atoms with Crippen molar-refractivity contribution in [3.63, 3.8) is 0 Å². The summed E-state index contributed by atoms with van der Waals surface area (Å²) in [6.45, 7) is 4.74. The highest BCUT2D eigenvalue weighted by Crippen LogP contribution is 2.05. The van der Waals surface area contributed by atoms with Gasteiger partial charge in [-0.2, -0.15) is 0 Å². The number of rotatable bonds is 8. The highest BCUT2D eigenvalue weighted by Gasteiger charge is 2.17. The number of nitrogens with zero attached hydrogens (tertiary/aromatic N) is 1. The summed E-state index contributed by atoms with van der Waals surface area (Å²) in [5, 5.41) is 2.66. The molecule has 0 radical (unpaired) electrons. The van der Waals surface area contributed by atoms with Gasteiger partial charge < -0.3 is 5.32 Å². The second-order valence-electron chi connectivity index (χ2n) is 5.67. The first-order chi connectivity index (χ1) is 10.2. The fourth-order valence-electron chi connectivity index (χ4n) is 2.01. The van der Waals surface area contributed by atoms with Gasteiger partial charge in [0.05, 0.1) is 12.7 Å². The average Bonchev–Trinajstić information content (AvgIpc) is 2.35. The Morgan fingerprint density at radius 2 is 2.05 bits per heavy atom. The SMILES string of the molecule is CC(C)CN(CCNC(=O)Cc1cccc(F)c1)S(C)(=O)=O. The summed E-state index contributed by atoms with van der Waals surface area (Å²) >= 11 is 0. The van der Waals surface area contributed by atoms with E-state index < -0.39 is 10.0 Å². The van der Waals surface area contributed by atoms with Crippen LogP contribution in [-0.4, -0.2) is 44.5 Å². The number of carbonyl (C=O) groups is 1. The van der Waals surface area contributed by atoms with E-state index in [0.29, 0.717) is 12.1 Å². The molecular weight excluding hydrogens is 307 g/mol. The third-order valence-electron chi connectivity index (χ3n) is 2.97. The lowest BCUT2D eigenvalue weighted by molar-refractivity contribution is -0.120. The number of nitrogens with one attached hydrogen (secondary N) is 1. The van der Waals surface area contributed by atoms with Crippen LogP contribution in [0.15, 0.2) is 24.3 Å². The Labute approximate surface area is 131 Å². The fourth-order valence-corrected chi connectivity index (χ4v) is 3.01. The molecule has 0 aliphatic carbocycles. The van der Waals surface area contributed by atoms with E-state index in [1.54, 1.807) is 12.1 Å². The van der Waals surface area contributed by atoms with Crippen LogP contribution in [0.2, 0.25) is 0 Å². The lowest BCUT2D eigenvalue weighted by Gasteiger charge is -2.22. The molecule has 124 valence electrons. The summed E-state index contributed by atoms with van der Waals surface area (Å²) in [5.74, 6) is -0.438. The number of hydrogen-bond acceptors (Lipinski definition) is 3. The Hall–Kier alpha value is -1.47. The molecule has 0 saturated heterocycles. The van der Waals surface area contributed by atoms with Gasteiger partial charge >= 0.3 is 0 Å². The Balaban J connectivity index is 2.46. The van der Waals surface area contributed by atoms with E-state index in [1.165, 1.54) is 16.4 Å². The third-order valence-corrected chi connectivity index (χ3v) is 4.24. The van der Waals surface area contributed by atoms with E-state index in [0.717, 1.165) is 6.26 Å². The topological polar surface area (TPSA) is 66.5 Å². The predicted molar refractivity (Wildman–Crippen MR) is 84.4 cm³/mol. The van der Waals surface area contributed by atoms with Crippen LogP contribution in [0, 0.1) is 11.7 Å². The molecule has 1 amide bonds. The zero-order chi connectivity index (χ0) is 16.8. The van der Waals surface area contributed by atoms with Crippen molar-refractivity contribution in [2.75, 3.05) is 25.9 Å². The molecule has 0 aromatic heterocycles. The van der Waals surface area contributed by atoms with Gasteiger partial charge in [0.2, 0.25) is 15.9 Å². The van der Waals surface area contributed by atoms with Crippen molar-refractivity contribution in [1.29, 1.82) is 0 Å². The molecule has 1 rings (SSSR count). The molecule has 0 aliphatic heterocycles. The maximum atomic E-state index is 13.0.